The summed E-state index contributed by atoms with van der Waals surface area (Å²) >= 11 is 6.11. The Morgan fingerprint density at radius 2 is 1.42 bits per heavy atom. The SMILES string of the molecule is C[C@H]1[C@H](c2ccc(Cl)cc2)c2ccccc2[C@]1(C)c1ccccc1. The second-order valence-corrected chi connectivity index (χ2v) is 7.41. The molecule has 0 unspecified atom stereocenters. The predicted molar refractivity (Wildman–Crippen MR) is 102 cm³/mol. The lowest BCUT2D eigenvalue weighted by atomic mass is 9.69. The molecule has 1 aliphatic carbocycles. The van der Waals surface area contributed by atoms with E-state index in [-0.39, 0.29) is 5.41 Å². The summed E-state index contributed by atoms with van der Waals surface area (Å²) in [6.45, 7) is 4.77. The molecule has 0 spiro atoms. The highest BCUT2D eigenvalue weighted by atomic mass is 35.5. The number of hydrogen-bond acceptors (Lipinski definition) is 0. The maximum Gasteiger partial charge on any atom is 0.0406 e. The van der Waals surface area contributed by atoms with Gasteiger partial charge >= 0.3 is 0 Å². The van der Waals surface area contributed by atoms with Gasteiger partial charge in [-0.15, -0.1) is 0 Å². The van der Waals surface area contributed by atoms with E-state index in [1.54, 1.807) is 0 Å². The molecule has 0 saturated carbocycles. The van der Waals surface area contributed by atoms with E-state index < -0.39 is 0 Å². The molecule has 0 saturated heterocycles. The summed E-state index contributed by atoms with van der Waals surface area (Å²) in [6, 6.07) is 28.2. The molecule has 0 heterocycles. The van der Waals surface area contributed by atoms with Gasteiger partial charge in [-0.05, 0) is 40.3 Å². The Hall–Kier alpha value is -2.05. The number of hydrogen-bond donors (Lipinski definition) is 0. The van der Waals surface area contributed by atoms with Crippen LogP contribution in [0.5, 0.6) is 0 Å². The van der Waals surface area contributed by atoms with Gasteiger partial charge in [0, 0.05) is 16.4 Å². The summed E-state index contributed by atoms with van der Waals surface area (Å²) in [7, 11) is 0. The van der Waals surface area contributed by atoms with Crippen molar-refractivity contribution in [2.75, 3.05) is 0 Å². The van der Waals surface area contributed by atoms with Gasteiger partial charge in [-0.2, -0.15) is 0 Å². The van der Waals surface area contributed by atoms with Crippen LogP contribution in [0.2, 0.25) is 5.02 Å². The van der Waals surface area contributed by atoms with Crippen LogP contribution in [0, 0.1) is 5.92 Å². The van der Waals surface area contributed by atoms with E-state index >= 15 is 0 Å². The topological polar surface area (TPSA) is 0 Å². The standard InChI is InChI=1S/C23H21Cl/c1-16-22(17-12-14-19(24)15-13-17)20-10-6-7-11-21(20)23(16,2)18-8-4-3-5-9-18/h3-16,22H,1-2H3/t16-,22+,23-/m0/s1. The highest BCUT2D eigenvalue weighted by Crippen LogP contribution is 2.55. The lowest BCUT2D eigenvalue weighted by molar-refractivity contribution is 0.381. The summed E-state index contributed by atoms with van der Waals surface area (Å²) in [5.74, 6) is 0.863. The quantitative estimate of drug-likeness (QED) is 0.507. The van der Waals surface area contributed by atoms with Crippen molar-refractivity contribution in [3.05, 3.63) is 106 Å². The van der Waals surface area contributed by atoms with Crippen LogP contribution in [-0.2, 0) is 5.41 Å². The lowest BCUT2D eigenvalue weighted by Gasteiger charge is -2.33. The van der Waals surface area contributed by atoms with Crippen molar-refractivity contribution in [2.24, 2.45) is 5.92 Å². The van der Waals surface area contributed by atoms with Crippen molar-refractivity contribution >= 4 is 11.6 Å². The number of fused-ring (bicyclic) bond motifs is 1. The molecule has 3 aromatic carbocycles. The van der Waals surface area contributed by atoms with Gasteiger partial charge in [0.25, 0.3) is 0 Å². The van der Waals surface area contributed by atoms with Crippen LogP contribution >= 0.6 is 11.6 Å². The Bertz CT molecular complexity index is 851. The third kappa shape index (κ3) is 2.21. The first-order valence-corrected chi connectivity index (χ1v) is 8.90. The molecule has 1 aliphatic rings. The molecule has 0 aliphatic heterocycles. The fourth-order valence-corrected chi connectivity index (χ4v) is 4.56. The van der Waals surface area contributed by atoms with Crippen molar-refractivity contribution in [1.82, 2.24) is 0 Å². The number of halogens is 1. The Balaban J connectivity index is 1.92. The minimum absolute atomic E-state index is 0.0160. The first-order chi connectivity index (χ1) is 11.6. The van der Waals surface area contributed by atoms with E-state index in [9.17, 15) is 0 Å². The van der Waals surface area contributed by atoms with Gasteiger partial charge < -0.3 is 0 Å². The van der Waals surface area contributed by atoms with E-state index in [2.05, 4.69) is 80.6 Å². The first kappa shape index (κ1) is 15.5. The zero-order valence-corrected chi connectivity index (χ0v) is 14.8. The summed E-state index contributed by atoms with van der Waals surface area (Å²) in [5.41, 5.74) is 5.64. The highest BCUT2D eigenvalue weighted by Gasteiger charge is 2.47. The van der Waals surface area contributed by atoms with E-state index in [1.807, 2.05) is 12.1 Å². The number of benzene rings is 3. The van der Waals surface area contributed by atoms with Crippen LogP contribution in [0.3, 0.4) is 0 Å². The molecule has 0 radical (unpaired) electrons. The normalized spacial score (nSPS) is 25.5. The Kier molecular flexibility index (Phi) is 3.73. The molecular weight excluding hydrogens is 312 g/mol. The van der Waals surface area contributed by atoms with E-state index in [0.29, 0.717) is 11.8 Å². The average Bonchev–Trinajstić information content (AvgIpc) is 2.86. The van der Waals surface area contributed by atoms with Crippen LogP contribution in [-0.4, -0.2) is 0 Å². The van der Waals surface area contributed by atoms with Gasteiger partial charge in [0.05, 0.1) is 0 Å². The molecule has 0 amide bonds. The van der Waals surface area contributed by atoms with Crippen molar-refractivity contribution in [3.63, 3.8) is 0 Å². The first-order valence-electron chi connectivity index (χ1n) is 8.53. The summed E-state index contributed by atoms with van der Waals surface area (Å²) < 4.78 is 0. The molecule has 120 valence electrons. The Morgan fingerprint density at radius 1 is 0.792 bits per heavy atom. The molecule has 0 nitrogen and oxygen atoms in total. The Labute approximate surface area is 149 Å². The van der Waals surface area contributed by atoms with Gasteiger partial charge in [-0.1, -0.05) is 92.2 Å². The molecule has 3 aromatic rings. The van der Waals surface area contributed by atoms with Gasteiger partial charge in [0.2, 0.25) is 0 Å². The van der Waals surface area contributed by atoms with E-state index in [1.165, 1.54) is 22.3 Å². The van der Waals surface area contributed by atoms with Crippen molar-refractivity contribution < 1.29 is 0 Å². The van der Waals surface area contributed by atoms with E-state index in [4.69, 9.17) is 11.6 Å². The molecule has 24 heavy (non-hydrogen) atoms. The van der Waals surface area contributed by atoms with Crippen molar-refractivity contribution in [3.8, 4) is 0 Å². The summed E-state index contributed by atoms with van der Waals surface area (Å²) in [6.07, 6.45) is 0. The maximum atomic E-state index is 6.11. The van der Waals surface area contributed by atoms with Crippen molar-refractivity contribution in [2.45, 2.75) is 25.2 Å². The van der Waals surface area contributed by atoms with Crippen LogP contribution in [0.15, 0.2) is 78.9 Å². The second-order valence-electron chi connectivity index (χ2n) is 6.97. The van der Waals surface area contributed by atoms with Gasteiger partial charge in [-0.25, -0.2) is 0 Å². The third-order valence-electron chi connectivity index (χ3n) is 5.87. The molecule has 3 atom stereocenters. The van der Waals surface area contributed by atoms with Gasteiger partial charge in [0.1, 0.15) is 0 Å². The Morgan fingerprint density at radius 3 is 2.12 bits per heavy atom. The largest absolute Gasteiger partial charge is 0.0843 e. The fraction of sp³-hybridized carbons (Fsp3) is 0.217. The third-order valence-corrected chi connectivity index (χ3v) is 6.12. The van der Waals surface area contributed by atoms with Crippen molar-refractivity contribution in [1.29, 1.82) is 0 Å². The van der Waals surface area contributed by atoms with E-state index in [0.717, 1.165) is 5.02 Å². The summed E-state index contributed by atoms with van der Waals surface area (Å²) in [4.78, 5) is 0. The van der Waals surface area contributed by atoms with Gasteiger partial charge in [0.15, 0.2) is 0 Å². The maximum absolute atomic E-state index is 6.11. The molecule has 4 rings (SSSR count). The molecular formula is C23H21Cl. The van der Waals surface area contributed by atoms with Gasteiger partial charge in [-0.3, -0.25) is 0 Å². The zero-order valence-electron chi connectivity index (χ0n) is 14.0. The summed E-state index contributed by atoms with van der Waals surface area (Å²) in [5, 5.41) is 0.795. The number of rotatable bonds is 2. The highest BCUT2D eigenvalue weighted by molar-refractivity contribution is 6.30. The van der Waals surface area contributed by atoms with Crippen LogP contribution in [0.1, 0.15) is 42.0 Å². The van der Waals surface area contributed by atoms with Crippen LogP contribution < -0.4 is 0 Å². The second kappa shape index (κ2) is 5.79. The fourth-order valence-electron chi connectivity index (χ4n) is 4.43. The van der Waals surface area contributed by atoms with Crippen LogP contribution in [0.25, 0.3) is 0 Å². The predicted octanol–water partition coefficient (Wildman–Crippen LogP) is 6.43. The molecule has 0 aromatic heterocycles. The minimum atomic E-state index is 0.0160. The molecule has 1 heteroatoms. The zero-order chi connectivity index (χ0) is 16.7. The smallest absolute Gasteiger partial charge is 0.0406 e. The molecule has 0 bridgehead atoms. The molecule has 0 fully saturated rings. The van der Waals surface area contributed by atoms with Crippen LogP contribution in [0.4, 0.5) is 0 Å². The monoisotopic (exact) mass is 332 g/mol. The minimum Gasteiger partial charge on any atom is -0.0843 e. The average molecular weight is 333 g/mol. The lowest BCUT2D eigenvalue weighted by Crippen LogP contribution is -2.29. The molecule has 0 N–H and O–H groups in total.